The first-order chi connectivity index (χ1) is 13.7. The first kappa shape index (κ1) is 22.7. The molecule has 2 unspecified atom stereocenters. The molecule has 154 valence electrons. The molecule has 0 spiro atoms. The van der Waals surface area contributed by atoms with E-state index in [1.54, 1.807) is 24.4 Å². The van der Waals surface area contributed by atoms with Crippen LogP contribution >= 0.6 is 8.73 Å². The summed E-state index contributed by atoms with van der Waals surface area (Å²) in [6.45, 7) is 0. The van der Waals surface area contributed by atoms with Crippen molar-refractivity contribution in [1.29, 1.82) is 0 Å². The maximum Gasteiger partial charge on any atom is 0.416 e. The van der Waals surface area contributed by atoms with Gasteiger partial charge in [0.1, 0.15) is 12.1 Å². The number of aromatic nitrogens is 1. The predicted molar refractivity (Wildman–Crippen MR) is 108 cm³/mol. The largest absolute Gasteiger partial charge is 0.416 e. The number of aldehydes is 1. The van der Waals surface area contributed by atoms with Crippen molar-refractivity contribution in [1.82, 2.24) is 9.65 Å². The van der Waals surface area contributed by atoms with Gasteiger partial charge >= 0.3 is 6.18 Å². The summed E-state index contributed by atoms with van der Waals surface area (Å²) in [5, 5.41) is 2.71. The third-order valence-corrected chi connectivity index (χ3v) is 5.08. The van der Waals surface area contributed by atoms with Crippen molar-refractivity contribution in [2.45, 2.75) is 18.3 Å². The molecule has 1 heterocycles. The number of hydrogen-bond donors (Lipinski definition) is 1. The van der Waals surface area contributed by atoms with Gasteiger partial charge in [0.05, 0.1) is 11.2 Å². The molecule has 0 radical (unpaired) electrons. The maximum atomic E-state index is 12.6. The molecule has 0 saturated heterocycles. The van der Waals surface area contributed by atoms with Crippen molar-refractivity contribution >= 4 is 26.7 Å². The van der Waals surface area contributed by atoms with E-state index in [2.05, 4.69) is 10.3 Å². The topological polar surface area (TPSA) is 62.3 Å². The Labute approximate surface area is 168 Å². The lowest BCUT2D eigenvalue weighted by Crippen LogP contribution is -2.25. The summed E-state index contributed by atoms with van der Waals surface area (Å²) in [5.74, 6) is 0.0809. The van der Waals surface area contributed by atoms with E-state index in [1.807, 2.05) is 18.8 Å². The number of rotatable bonds is 8. The van der Waals surface area contributed by atoms with E-state index in [9.17, 15) is 22.8 Å². The number of halogens is 3. The third kappa shape index (κ3) is 7.40. The van der Waals surface area contributed by atoms with Crippen LogP contribution in [-0.2, 0) is 22.2 Å². The lowest BCUT2D eigenvalue weighted by Gasteiger charge is -2.17. The zero-order chi connectivity index (χ0) is 21.4. The number of pyridine rings is 1. The minimum Gasteiger partial charge on any atom is -0.310 e. The van der Waals surface area contributed by atoms with Gasteiger partial charge < -0.3 is 5.32 Å². The summed E-state index contributed by atoms with van der Waals surface area (Å²) in [7, 11) is 3.83. The third-order valence-electron chi connectivity index (χ3n) is 3.83. The molecule has 0 aliphatic carbocycles. The highest BCUT2D eigenvalue weighted by Crippen LogP contribution is 2.29. The van der Waals surface area contributed by atoms with Gasteiger partial charge in [-0.25, -0.2) is 4.98 Å². The Morgan fingerprint density at radius 2 is 1.83 bits per heavy atom. The fourth-order valence-electron chi connectivity index (χ4n) is 2.48. The molecule has 0 saturated carbocycles. The van der Waals surface area contributed by atoms with E-state index in [0.717, 1.165) is 23.3 Å². The first-order valence-electron chi connectivity index (χ1n) is 8.66. The summed E-state index contributed by atoms with van der Waals surface area (Å²) in [6.07, 6.45) is 1.09. The fraction of sp³-hybridized carbons (Fsp3) is 0.250. The summed E-state index contributed by atoms with van der Waals surface area (Å²) in [6, 6.07) is 8.36. The van der Waals surface area contributed by atoms with Crippen LogP contribution in [0.5, 0.6) is 0 Å². The van der Waals surface area contributed by atoms with Gasteiger partial charge in [-0.2, -0.15) is 13.2 Å². The van der Waals surface area contributed by atoms with Crippen LogP contribution in [-0.4, -0.2) is 41.6 Å². The number of allylic oxidation sites excluding steroid dienone is 1. The van der Waals surface area contributed by atoms with E-state index in [-0.39, 0.29) is 14.6 Å². The maximum absolute atomic E-state index is 12.6. The summed E-state index contributed by atoms with van der Waals surface area (Å²) in [5.41, 5.74) is 0.357. The molecule has 0 aliphatic heterocycles. The number of nitrogens with zero attached hydrogens (tertiary/aromatic N) is 2. The van der Waals surface area contributed by atoms with E-state index in [4.69, 9.17) is 0 Å². The Balaban J connectivity index is 2.01. The highest BCUT2D eigenvalue weighted by atomic mass is 31.1. The fourth-order valence-corrected chi connectivity index (χ4v) is 3.42. The van der Waals surface area contributed by atoms with Gasteiger partial charge in [-0.3, -0.25) is 14.3 Å². The van der Waals surface area contributed by atoms with Crippen LogP contribution in [0.2, 0.25) is 0 Å². The van der Waals surface area contributed by atoms with Gasteiger partial charge in [-0.05, 0) is 64.6 Å². The van der Waals surface area contributed by atoms with E-state index in [0.29, 0.717) is 18.5 Å². The van der Waals surface area contributed by atoms with Crippen LogP contribution in [0.4, 0.5) is 19.0 Å². The molecule has 1 aromatic carbocycles. The van der Waals surface area contributed by atoms with Crippen molar-refractivity contribution in [2.24, 2.45) is 0 Å². The van der Waals surface area contributed by atoms with E-state index < -0.39 is 17.4 Å². The van der Waals surface area contributed by atoms with Crippen molar-refractivity contribution in [2.75, 3.05) is 19.4 Å². The molecule has 5 nitrogen and oxygen atoms in total. The molecule has 2 rings (SSSR count). The molecule has 29 heavy (non-hydrogen) atoms. The molecule has 0 fully saturated rings. The normalized spacial score (nSPS) is 13.3. The lowest BCUT2D eigenvalue weighted by atomic mass is 10.0. The number of nitrogens with one attached hydrogen (secondary N) is 1. The second-order valence-electron chi connectivity index (χ2n) is 6.43. The summed E-state index contributed by atoms with van der Waals surface area (Å²) < 4.78 is 39.7. The molecule has 1 N–H and O–H groups in total. The van der Waals surface area contributed by atoms with Gasteiger partial charge in [0, 0.05) is 6.20 Å². The number of hydrogen-bond acceptors (Lipinski definition) is 4. The van der Waals surface area contributed by atoms with Crippen LogP contribution in [0.15, 0.2) is 54.7 Å². The first-order valence-corrected chi connectivity index (χ1v) is 9.69. The van der Waals surface area contributed by atoms with Crippen LogP contribution in [0.25, 0.3) is 0 Å². The van der Waals surface area contributed by atoms with E-state index in [1.165, 1.54) is 18.2 Å². The number of carbonyl (C=O) groups is 2. The average Bonchev–Trinajstić information content (AvgIpc) is 2.66. The molecular formula is C20H21F3N3O2P. The predicted octanol–water partition coefficient (Wildman–Crippen LogP) is 3.91. The van der Waals surface area contributed by atoms with Crippen molar-refractivity contribution in [3.63, 3.8) is 0 Å². The van der Waals surface area contributed by atoms with Crippen LogP contribution in [0.3, 0.4) is 0 Å². The molecule has 1 amide bonds. The van der Waals surface area contributed by atoms with Crippen molar-refractivity contribution < 1.29 is 22.8 Å². The number of alkyl halides is 3. The molecule has 1 aromatic heterocycles. The lowest BCUT2D eigenvalue weighted by molar-refractivity contribution is -0.137. The Bertz CT molecular complexity index is 851. The second kappa shape index (κ2) is 10.3. The Morgan fingerprint density at radius 3 is 2.34 bits per heavy atom. The van der Waals surface area contributed by atoms with Crippen LogP contribution < -0.4 is 5.32 Å². The van der Waals surface area contributed by atoms with Crippen molar-refractivity contribution in [3.8, 4) is 0 Å². The smallest absolute Gasteiger partial charge is 0.310 e. The Kier molecular flexibility index (Phi) is 8.05. The minimum atomic E-state index is -4.36. The zero-order valence-electron chi connectivity index (χ0n) is 15.9. The van der Waals surface area contributed by atoms with Gasteiger partial charge in [-0.1, -0.05) is 24.3 Å². The van der Waals surface area contributed by atoms with Gasteiger partial charge in [0.15, 0.2) is 0 Å². The monoisotopic (exact) mass is 423 g/mol. The standard InChI is InChI=1S/C20H21F3N3O2P/c1-26(2)29-17(4-3-11-27)19(28)25-18-10-7-15(13-24-18)12-14-5-8-16(9-6-14)20(21,22)23/h3-11,13,17,29H,12H2,1-2H3,(H,24,25,28)/b4-3-. The zero-order valence-corrected chi connectivity index (χ0v) is 16.9. The quantitative estimate of drug-likeness (QED) is 0.397. The summed E-state index contributed by atoms with van der Waals surface area (Å²) >= 11 is 0. The summed E-state index contributed by atoms with van der Waals surface area (Å²) in [4.78, 5) is 27.1. The number of amides is 1. The van der Waals surface area contributed by atoms with Crippen LogP contribution in [0.1, 0.15) is 16.7 Å². The highest BCUT2D eigenvalue weighted by Gasteiger charge is 2.29. The molecule has 0 bridgehead atoms. The molecule has 2 atom stereocenters. The Morgan fingerprint density at radius 1 is 1.17 bits per heavy atom. The molecule has 9 heteroatoms. The van der Waals surface area contributed by atoms with Gasteiger partial charge in [-0.15, -0.1) is 0 Å². The minimum absolute atomic E-state index is 0.163. The average molecular weight is 423 g/mol. The molecule has 0 aliphatic rings. The molecule has 2 aromatic rings. The number of carbonyl (C=O) groups excluding carboxylic acids is 2. The van der Waals surface area contributed by atoms with Gasteiger partial charge in [0.25, 0.3) is 0 Å². The second-order valence-corrected chi connectivity index (χ2v) is 8.21. The number of anilines is 1. The Hall–Kier alpha value is -2.57. The number of benzene rings is 1. The van der Waals surface area contributed by atoms with E-state index >= 15 is 0 Å². The highest BCUT2D eigenvalue weighted by molar-refractivity contribution is 7.37. The molecular weight excluding hydrogens is 402 g/mol. The van der Waals surface area contributed by atoms with Crippen molar-refractivity contribution in [3.05, 3.63) is 71.4 Å². The SMILES string of the molecule is CN(C)PC(/C=C\C=O)C(=O)Nc1ccc(Cc2ccc(C(F)(F)F)cc2)cn1. The van der Waals surface area contributed by atoms with Gasteiger partial charge in [0.2, 0.25) is 5.91 Å². The van der Waals surface area contributed by atoms with Crippen LogP contribution in [0, 0.1) is 0 Å².